The van der Waals surface area contributed by atoms with E-state index in [1.807, 2.05) is 0 Å². The van der Waals surface area contributed by atoms with Gasteiger partial charge in [-0.3, -0.25) is 0 Å². The third-order valence-corrected chi connectivity index (χ3v) is 11.8. The zero-order chi connectivity index (χ0) is 21.2. The Bertz CT molecular complexity index is 481. The molecule has 0 spiro atoms. The predicted molar refractivity (Wildman–Crippen MR) is 115 cm³/mol. The molecule has 1 aromatic rings. The Morgan fingerprint density at radius 3 is 1.00 bits per heavy atom. The highest BCUT2D eigenvalue weighted by atomic mass is 28.4. The van der Waals surface area contributed by atoms with E-state index in [0.29, 0.717) is 0 Å². The first kappa shape index (κ1) is 25.5. The van der Waals surface area contributed by atoms with E-state index in [9.17, 15) is 0 Å². The average molecular weight is 431 g/mol. The van der Waals surface area contributed by atoms with Crippen molar-refractivity contribution in [1.82, 2.24) is 0 Å². The highest BCUT2D eigenvalue weighted by Crippen LogP contribution is 2.36. The molecule has 28 heavy (non-hydrogen) atoms. The van der Waals surface area contributed by atoms with Gasteiger partial charge in [0.25, 0.3) is 0 Å². The van der Waals surface area contributed by atoms with E-state index in [-0.39, 0.29) is 11.1 Å². The molecule has 2 unspecified atom stereocenters. The number of rotatable bonds is 14. The molecule has 0 saturated carbocycles. The monoisotopic (exact) mass is 430 g/mol. The van der Waals surface area contributed by atoms with Gasteiger partial charge in [-0.25, -0.2) is 0 Å². The molecule has 0 saturated heterocycles. The Morgan fingerprint density at radius 1 is 0.571 bits per heavy atom. The standard InChI is InChI=1S/C20H38O6Si2/c1-9-11-19(27(21-3,22-4)23-5)17-13-15-18(16-14-17)20(12-10-2)28(24-6,25-7)26-8/h13-16,19-20H,9-12H2,1-8H3. The predicted octanol–water partition coefficient (Wildman–Crippen LogP) is 4.29. The van der Waals surface area contributed by atoms with Crippen molar-refractivity contribution >= 4 is 17.6 Å². The van der Waals surface area contributed by atoms with Gasteiger partial charge in [-0.1, -0.05) is 51.0 Å². The lowest BCUT2D eigenvalue weighted by Gasteiger charge is -2.34. The van der Waals surface area contributed by atoms with Crippen LogP contribution < -0.4 is 0 Å². The van der Waals surface area contributed by atoms with E-state index in [0.717, 1.165) is 36.8 Å². The van der Waals surface area contributed by atoms with Crippen LogP contribution in [-0.4, -0.2) is 60.3 Å². The van der Waals surface area contributed by atoms with Crippen molar-refractivity contribution in [1.29, 1.82) is 0 Å². The summed E-state index contributed by atoms with van der Waals surface area (Å²) in [5.41, 5.74) is 2.51. The molecule has 0 aliphatic carbocycles. The summed E-state index contributed by atoms with van der Waals surface area (Å²) in [6.45, 7) is 4.32. The molecule has 0 aliphatic heterocycles. The van der Waals surface area contributed by atoms with Crippen molar-refractivity contribution in [2.24, 2.45) is 0 Å². The summed E-state index contributed by atoms with van der Waals surface area (Å²) in [6.07, 6.45) is 3.91. The quantitative estimate of drug-likeness (QED) is 0.410. The van der Waals surface area contributed by atoms with Crippen LogP contribution in [0.15, 0.2) is 24.3 Å². The van der Waals surface area contributed by atoms with E-state index >= 15 is 0 Å². The van der Waals surface area contributed by atoms with Gasteiger partial charge in [0.05, 0.1) is 11.1 Å². The van der Waals surface area contributed by atoms with E-state index in [1.165, 1.54) is 0 Å². The molecule has 8 heteroatoms. The van der Waals surface area contributed by atoms with Crippen LogP contribution in [0.25, 0.3) is 0 Å². The van der Waals surface area contributed by atoms with Crippen molar-refractivity contribution in [2.75, 3.05) is 42.7 Å². The smallest absolute Gasteiger partial charge is 0.376 e. The van der Waals surface area contributed by atoms with Gasteiger partial charge in [-0.05, 0) is 24.0 Å². The second-order valence-corrected chi connectivity index (χ2v) is 13.0. The molecular weight excluding hydrogens is 392 g/mol. The van der Waals surface area contributed by atoms with Gasteiger partial charge >= 0.3 is 17.6 Å². The Kier molecular flexibility index (Phi) is 11.1. The first-order valence-corrected chi connectivity index (χ1v) is 13.5. The summed E-state index contributed by atoms with van der Waals surface area (Å²) in [5.74, 6) is 0. The van der Waals surface area contributed by atoms with Gasteiger partial charge in [0.2, 0.25) is 0 Å². The first-order chi connectivity index (χ1) is 13.5. The third kappa shape index (κ3) is 5.31. The summed E-state index contributed by atoms with van der Waals surface area (Å²) in [5, 5.41) is 0. The summed E-state index contributed by atoms with van der Waals surface area (Å²) < 4.78 is 34.6. The van der Waals surface area contributed by atoms with Gasteiger partial charge in [0, 0.05) is 42.7 Å². The fourth-order valence-corrected chi connectivity index (χ4v) is 9.18. The molecule has 0 heterocycles. The fraction of sp³-hybridized carbons (Fsp3) is 0.700. The Labute approximate surface area is 173 Å². The van der Waals surface area contributed by atoms with Gasteiger partial charge < -0.3 is 26.6 Å². The van der Waals surface area contributed by atoms with Gasteiger partial charge in [-0.2, -0.15) is 0 Å². The minimum atomic E-state index is -2.79. The third-order valence-electron chi connectivity index (χ3n) is 5.46. The van der Waals surface area contributed by atoms with Crippen molar-refractivity contribution in [3.05, 3.63) is 35.4 Å². The van der Waals surface area contributed by atoms with Crippen LogP contribution in [0.2, 0.25) is 0 Å². The molecule has 1 rings (SSSR count). The van der Waals surface area contributed by atoms with Crippen LogP contribution in [0.1, 0.15) is 61.7 Å². The highest BCUT2D eigenvalue weighted by molar-refractivity contribution is 6.62. The molecule has 0 amide bonds. The minimum Gasteiger partial charge on any atom is -0.376 e. The molecule has 162 valence electrons. The van der Waals surface area contributed by atoms with Crippen LogP contribution in [0, 0.1) is 0 Å². The molecule has 0 fully saturated rings. The largest absolute Gasteiger partial charge is 0.508 e. The lowest BCUT2D eigenvalue weighted by Crippen LogP contribution is -2.50. The molecule has 0 N–H and O–H groups in total. The van der Waals surface area contributed by atoms with Crippen LogP contribution >= 0.6 is 0 Å². The molecule has 1 aromatic carbocycles. The van der Waals surface area contributed by atoms with Crippen LogP contribution in [0.4, 0.5) is 0 Å². The second-order valence-electron chi connectivity index (χ2n) is 6.78. The zero-order valence-electron chi connectivity index (χ0n) is 18.7. The van der Waals surface area contributed by atoms with E-state index in [4.69, 9.17) is 26.6 Å². The lowest BCUT2D eigenvalue weighted by molar-refractivity contribution is 0.110. The van der Waals surface area contributed by atoms with Crippen molar-refractivity contribution in [2.45, 2.75) is 50.6 Å². The van der Waals surface area contributed by atoms with Gasteiger partial charge in [0.15, 0.2) is 0 Å². The van der Waals surface area contributed by atoms with E-state index in [2.05, 4.69) is 38.1 Å². The van der Waals surface area contributed by atoms with Gasteiger partial charge in [0.1, 0.15) is 0 Å². The van der Waals surface area contributed by atoms with Crippen molar-refractivity contribution < 1.29 is 26.6 Å². The summed E-state index contributed by atoms with van der Waals surface area (Å²) in [7, 11) is 4.44. The van der Waals surface area contributed by atoms with Gasteiger partial charge in [-0.15, -0.1) is 0 Å². The molecule has 0 bridgehead atoms. The first-order valence-electron chi connectivity index (χ1n) is 9.88. The molecule has 0 aromatic heterocycles. The summed E-state index contributed by atoms with van der Waals surface area (Å²) in [6, 6.07) is 8.60. The van der Waals surface area contributed by atoms with E-state index < -0.39 is 17.6 Å². The minimum absolute atomic E-state index is 0.0884. The SMILES string of the molecule is CCCC(c1ccc(C(CCC)[Si](OC)(OC)OC)cc1)[Si](OC)(OC)OC. The zero-order valence-corrected chi connectivity index (χ0v) is 20.7. The molecule has 0 radical (unpaired) electrons. The number of hydrogen-bond acceptors (Lipinski definition) is 6. The topological polar surface area (TPSA) is 55.4 Å². The lowest BCUT2D eigenvalue weighted by atomic mass is 10.0. The highest BCUT2D eigenvalue weighted by Gasteiger charge is 2.49. The fourth-order valence-electron chi connectivity index (χ4n) is 3.99. The van der Waals surface area contributed by atoms with Crippen LogP contribution in [0.5, 0.6) is 0 Å². The maximum Gasteiger partial charge on any atom is 0.508 e. The number of hydrogen-bond donors (Lipinski definition) is 0. The maximum absolute atomic E-state index is 5.77. The Balaban J connectivity index is 3.31. The van der Waals surface area contributed by atoms with Crippen LogP contribution in [-0.2, 0) is 26.6 Å². The molecular formula is C20H38O6Si2. The van der Waals surface area contributed by atoms with Crippen LogP contribution in [0.3, 0.4) is 0 Å². The van der Waals surface area contributed by atoms with E-state index in [1.54, 1.807) is 42.7 Å². The normalized spacial score (nSPS) is 14.9. The average Bonchev–Trinajstić information content (AvgIpc) is 2.75. The Hall–Kier alpha value is -0.586. The number of benzene rings is 1. The molecule has 6 nitrogen and oxygen atoms in total. The summed E-state index contributed by atoms with van der Waals surface area (Å²) in [4.78, 5) is 0. The molecule has 0 aliphatic rings. The second kappa shape index (κ2) is 12.2. The maximum atomic E-state index is 5.77. The molecule has 2 atom stereocenters. The van der Waals surface area contributed by atoms with Crippen molar-refractivity contribution in [3.63, 3.8) is 0 Å². The van der Waals surface area contributed by atoms with Crippen molar-refractivity contribution in [3.8, 4) is 0 Å². The summed E-state index contributed by atoms with van der Waals surface area (Å²) >= 11 is 0. The Morgan fingerprint density at radius 2 is 0.821 bits per heavy atom.